The molecule has 7 heteroatoms. The Morgan fingerprint density at radius 1 is 1.41 bits per heavy atom. The Hall–Kier alpha value is 0.150. The van der Waals surface area contributed by atoms with Gasteiger partial charge in [0.2, 0.25) is 10.0 Å². The molecule has 3 N–H and O–H groups in total. The first-order valence-corrected chi connectivity index (χ1v) is 8.94. The summed E-state index contributed by atoms with van der Waals surface area (Å²) in [6.45, 7) is 1.53. The molecular formula is C10H20N2O2S3. The van der Waals surface area contributed by atoms with Gasteiger partial charge < -0.3 is 5.73 Å². The second kappa shape index (κ2) is 6.36. The van der Waals surface area contributed by atoms with Crippen molar-refractivity contribution in [2.24, 2.45) is 5.73 Å². The van der Waals surface area contributed by atoms with Crippen LogP contribution < -0.4 is 10.5 Å². The van der Waals surface area contributed by atoms with Gasteiger partial charge in [0.15, 0.2) is 0 Å². The van der Waals surface area contributed by atoms with Crippen molar-refractivity contribution in [1.29, 1.82) is 0 Å². The molecule has 1 aliphatic rings. The number of nitrogens with two attached hydrogens (primary N) is 1. The maximum Gasteiger partial charge on any atom is 0.220 e. The van der Waals surface area contributed by atoms with Crippen molar-refractivity contribution in [1.82, 2.24) is 4.72 Å². The number of rotatable bonds is 5. The molecule has 0 aromatic rings. The van der Waals surface area contributed by atoms with Crippen LogP contribution in [0.25, 0.3) is 0 Å². The molecule has 0 amide bonds. The fourth-order valence-corrected chi connectivity index (χ4v) is 4.24. The predicted molar refractivity (Wildman–Crippen MR) is 77.9 cm³/mol. The summed E-state index contributed by atoms with van der Waals surface area (Å²) < 4.78 is 26.5. The van der Waals surface area contributed by atoms with Gasteiger partial charge in [-0.05, 0) is 38.9 Å². The van der Waals surface area contributed by atoms with E-state index in [4.69, 9.17) is 18.0 Å². The van der Waals surface area contributed by atoms with Gasteiger partial charge in [-0.3, -0.25) is 0 Å². The van der Waals surface area contributed by atoms with Gasteiger partial charge in [0, 0.05) is 11.3 Å². The molecule has 1 rings (SSSR count). The number of thiocarbonyl (C=S) groups is 1. The van der Waals surface area contributed by atoms with Gasteiger partial charge in [-0.1, -0.05) is 12.2 Å². The lowest BCUT2D eigenvalue weighted by atomic mass is 9.96. The normalized spacial score (nSPS) is 27.6. The first-order valence-electron chi connectivity index (χ1n) is 5.70. The fourth-order valence-electron chi connectivity index (χ4n) is 1.90. The van der Waals surface area contributed by atoms with Crippen LogP contribution in [0.15, 0.2) is 0 Å². The van der Waals surface area contributed by atoms with Crippen LogP contribution in [-0.2, 0) is 10.0 Å². The van der Waals surface area contributed by atoms with Crippen LogP contribution in [0.5, 0.6) is 0 Å². The number of thioether (sulfide) groups is 1. The minimum absolute atomic E-state index is 0.0234. The van der Waals surface area contributed by atoms with Crippen molar-refractivity contribution in [3.05, 3.63) is 0 Å². The molecule has 0 spiro atoms. The Labute approximate surface area is 113 Å². The lowest BCUT2D eigenvalue weighted by Crippen LogP contribution is -2.45. The van der Waals surface area contributed by atoms with Crippen LogP contribution >= 0.6 is 24.0 Å². The summed E-state index contributed by atoms with van der Waals surface area (Å²) in [4.78, 5) is 0.0234. The molecule has 0 radical (unpaired) electrons. The second-order valence-corrected chi connectivity index (χ2v) is 8.06. The smallest absolute Gasteiger partial charge is 0.220 e. The van der Waals surface area contributed by atoms with E-state index in [1.54, 1.807) is 0 Å². The van der Waals surface area contributed by atoms with E-state index >= 15 is 0 Å². The topological polar surface area (TPSA) is 72.2 Å². The van der Waals surface area contributed by atoms with Crippen molar-refractivity contribution in [2.45, 2.75) is 49.1 Å². The molecule has 4 nitrogen and oxygen atoms in total. The van der Waals surface area contributed by atoms with Crippen molar-refractivity contribution in [3.63, 3.8) is 0 Å². The highest BCUT2D eigenvalue weighted by Gasteiger charge is 2.28. The monoisotopic (exact) mass is 296 g/mol. The molecule has 17 heavy (non-hydrogen) atoms. The summed E-state index contributed by atoms with van der Waals surface area (Å²) in [5.74, 6) is 0. The van der Waals surface area contributed by atoms with Crippen molar-refractivity contribution >= 4 is 39.0 Å². The van der Waals surface area contributed by atoms with E-state index in [0.717, 1.165) is 25.7 Å². The summed E-state index contributed by atoms with van der Waals surface area (Å²) in [5, 5.41) is -0.125. The fraction of sp³-hybridized carbons (Fsp3) is 0.900. The van der Waals surface area contributed by atoms with E-state index < -0.39 is 15.3 Å². The maximum atomic E-state index is 11.9. The highest BCUT2D eigenvalue weighted by molar-refractivity contribution is 7.99. The Balaban J connectivity index is 2.53. The lowest BCUT2D eigenvalue weighted by Gasteiger charge is -2.28. The van der Waals surface area contributed by atoms with Crippen LogP contribution in [0, 0.1) is 0 Å². The van der Waals surface area contributed by atoms with Gasteiger partial charge in [0.1, 0.15) is 5.25 Å². The molecule has 1 unspecified atom stereocenters. The molecule has 0 heterocycles. The third-order valence-electron chi connectivity index (χ3n) is 3.20. The summed E-state index contributed by atoms with van der Waals surface area (Å²) in [6.07, 6.45) is 6.03. The summed E-state index contributed by atoms with van der Waals surface area (Å²) in [5.41, 5.74) is 5.38. The average molecular weight is 296 g/mol. The molecule has 1 fully saturated rings. The Kier molecular flexibility index (Phi) is 5.69. The summed E-state index contributed by atoms with van der Waals surface area (Å²) >= 11 is 6.59. The Morgan fingerprint density at radius 2 is 1.94 bits per heavy atom. The van der Waals surface area contributed by atoms with Gasteiger partial charge in [-0.15, -0.1) is 0 Å². The molecule has 0 aromatic heterocycles. The molecule has 0 aromatic carbocycles. The molecule has 1 aliphatic carbocycles. The molecule has 0 aliphatic heterocycles. The van der Waals surface area contributed by atoms with Crippen LogP contribution in [0.2, 0.25) is 0 Å². The van der Waals surface area contributed by atoms with Gasteiger partial charge in [0.25, 0.3) is 0 Å². The standard InChI is InChI=1S/C10H20N2O2S3/c1-7(10(11)15)17(13,14)12-8-3-5-9(16-2)6-4-8/h7-9,12H,3-6H2,1-2H3,(H2,11,15). The number of nitrogens with one attached hydrogen (secondary N) is 1. The van der Waals surface area contributed by atoms with Gasteiger partial charge in [-0.25, -0.2) is 13.1 Å². The number of hydrogen-bond acceptors (Lipinski definition) is 4. The van der Waals surface area contributed by atoms with Crippen molar-refractivity contribution in [3.8, 4) is 0 Å². The predicted octanol–water partition coefficient (Wildman–Crippen LogP) is 1.25. The molecular weight excluding hydrogens is 276 g/mol. The zero-order chi connectivity index (χ0) is 13.1. The third-order valence-corrected chi connectivity index (χ3v) is 6.69. The first-order chi connectivity index (χ1) is 7.86. The first kappa shape index (κ1) is 15.2. The Bertz CT molecular complexity index is 362. The van der Waals surface area contributed by atoms with Crippen molar-refractivity contribution < 1.29 is 8.42 Å². The van der Waals surface area contributed by atoms with E-state index in [9.17, 15) is 8.42 Å². The van der Waals surface area contributed by atoms with E-state index in [1.807, 2.05) is 11.8 Å². The summed E-state index contributed by atoms with van der Waals surface area (Å²) in [7, 11) is -3.41. The van der Waals surface area contributed by atoms with Gasteiger partial charge in [0.05, 0.1) is 4.99 Å². The quantitative estimate of drug-likeness (QED) is 0.747. The number of sulfonamides is 1. The second-order valence-electron chi connectivity index (χ2n) is 4.42. The van der Waals surface area contributed by atoms with Crippen LogP contribution in [0.1, 0.15) is 32.6 Å². The molecule has 0 bridgehead atoms. The van der Waals surface area contributed by atoms with E-state index in [2.05, 4.69) is 11.0 Å². The van der Waals surface area contributed by atoms with E-state index in [-0.39, 0.29) is 11.0 Å². The number of hydrogen-bond donors (Lipinski definition) is 2. The maximum absolute atomic E-state index is 11.9. The molecule has 1 saturated carbocycles. The minimum Gasteiger partial charge on any atom is -0.392 e. The molecule has 100 valence electrons. The minimum atomic E-state index is -3.41. The molecule has 0 saturated heterocycles. The SMILES string of the molecule is CSC1CCC(NS(=O)(=O)C(C)C(N)=S)CC1. The lowest BCUT2D eigenvalue weighted by molar-refractivity contribution is 0.419. The largest absolute Gasteiger partial charge is 0.392 e. The summed E-state index contributed by atoms with van der Waals surface area (Å²) in [6, 6.07) is 0.0419. The third kappa shape index (κ3) is 4.39. The van der Waals surface area contributed by atoms with Gasteiger partial charge in [-0.2, -0.15) is 11.8 Å². The zero-order valence-corrected chi connectivity index (χ0v) is 12.6. The highest BCUT2D eigenvalue weighted by Crippen LogP contribution is 2.27. The van der Waals surface area contributed by atoms with Crippen LogP contribution in [-0.4, -0.2) is 36.2 Å². The highest BCUT2D eigenvalue weighted by atomic mass is 32.2. The van der Waals surface area contributed by atoms with Crippen LogP contribution in [0.3, 0.4) is 0 Å². The van der Waals surface area contributed by atoms with E-state index in [0.29, 0.717) is 5.25 Å². The van der Waals surface area contributed by atoms with Crippen molar-refractivity contribution in [2.75, 3.05) is 6.26 Å². The van der Waals surface area contributed by atoms with Crippen LogP contribution in [0.4, 0.5) is 0 Å². The van der Waals surface area contributed by atoms with E-state index in [1.165, 1.54) is 6.92 Å². The Morgan fingerprint density at radius 3 is 2.35 bits per heavy atom. The zero-order valence-electron chi connectivity index (χ0n) is 10.2. The average Bonchev–Trinajstić information content (AvgIpc) is 2.28. The van der Waals surface area contributed by atoms with Gasteiger partial charge >= 0.3 is 0 Å². The molecule has 1 atom stereocenters.